The Labute approximate surface area is 88.3 Å². The van der Waals surface area contributed by atoms with Gasteiger partial charge in [0.25, 0.3) is 0 Å². The summed E-state index contributed by atoms with van der Waals surface area (Å²) in [6.07, 6.45) is 0. The molecule has 3 heteroatoms. The largest absolute Gasteiger partial charge is 0.168 e. The van der Waals surface area contributed by atoms with Gasteiger partial charge in [-0.05, 0) is 31.5 Å². The van der Waals surface area contributed by atoms with Crippen molar-refractivity contribution in [3.05, 3.63) is 33.8 Å². The average Bonchev–Trinajstić information content (AvgIpc) is 1.83. The Morgan fingerprint density at radius 3 is 2.25 bits per heavy atom. The van der Waals surface area contributed by atoms with Crippen molar-refractivity contribution < 1.29 is 0 Å². The molecule has 66 valence electrons. The molecule has 0 fully saturated rings. The lowest BCUT2D eigenvalue weighted by atomic mass is 10.0. The average molecular weight is 221 g/mol. The first-order valence-corrected chi connectivity index (χ1v) is 4.79. The molecule has 1 rings (SSSR count). The van der Waals surface area contributed by atoms with Crippen molar-refractivity contribution in [2.45, 2.75) is 18.6 Å². The molecule has 0 heterocycles. The standard InChI is InChI=1S/C9H10Cl2S/c1-9(2,12)7-4-3-6(10)5-8(7)11/h3-5,12H,1-2H3. The van der Waals surface area contributed by atoms with Crippen molar-refractivity contribution in [1.29, 1.82) is 0 Å². The van der Waals surface area contributed by atoms with Gasteiger partial charge < -0.3 is 0 Å². The maximum Gasteiger partial charge on any atom is 0.0466 e. The lowest BCUT2D eigenvalue weighted by Gasteiger charge is -2.19. The summed E-state index contributed by atoms with van der Waals surface area (Å²) >= 11 is 16.2. The number of hydrogen-bond donors (Lipinski definition) is 1. The SMILES string of the molecule is CC(C)(S)c1ccc(Cl)cc1Cl. The van der Waals surface area contributed by atoms with E-state index in [0.29, 0.717) is 10.0 Å². The summed E-state index contributed by atoms with van der Waals surface area (Å²) in [6, 6.07) is 5.45. The Morgan fingerprint density at radius 2 is 1.83 bits per heavy atom. The molecular formula is C9H10Cl2S. The Kier molecular flexibility index (Phi) is 2.97. The van der Waals surface area contributed by atoms with E-state index in [0.717, 1.165) is 5.56 Å². The van der Waals surface area contributed by atoms with Crippen LogP contribution in [0.4, 0.5) is 0 Å². The summed E-state index contributed by atoms with van der Waals surface area (Å²) in [5.41, 5.74) is 0.997. The van der Waals surface area contributed by atoms with E-state index in [1.165, 1.54) is 0 Å². The first-order chi connectivity index (χ1) is 5.41. The molecule has 0 aliphatic carbocycles. The normalized spacial score (nSPS) is 11.8. The lowest BCUT2D eigenvalue weighted by molar-refractivity contribution is 0.791. The highest BCUT2D eigenvalue weighted by Gasteiger charge is 2.17. The van der Waals surface area contributed by atoms with Crippen LogP contribution < -0.4 is 0 Å². The van der Waals surface area contributed by atoms with Crippen molar-refractivity contribution in [3.8, 4) is 0 Å². The van der Waals surface area contributed by atoms with Crippen LogP contribution in [0, 0.1) is 0 Å². The van der Waals surface area contributed by atoms with Crippen molar-refractivity contribution in [2.24, 2.45) is 0 Å². The first kappa shape index (κ1) is 10.2. The smallest absolute Gasteiger partial charge is 0.0466 e. The number of benzene rings is 1. The third-order valence-corrected chi connectivity index (χ3v) is 2.38. The van der Waals surface area contributed by atoms with Crippen LogP contribution >= 0.6 is 35.8 Å². The third kappa shape index (κ3) is 2.32. The van der Waals surface area contributed by atoms with Crippen LogP contribution in [0.1, 0.15) is 19.4 Å². The summed E-state index contributed by atoms with van der Waals surface area (Å²) < 4.78 is -0.221. The van der Waals surface area contributed by atoms with E-state index >= 15 is 0 Å². The molecule has 0 atom stereocenters. The fraction of sp³-hybridized carbons (Fsp3) is 0.333. The molecule has 0 N–H and O–H groups in total. The molecule has 0 radical (unpaired) electrons. The summed E-state index contributed by atoms with van der Waals surface area (Å²) in [5, 5.41) is 1.32. The molecule has 0 unspecified atom stereocenters. The molecule has 0 aliphatic heterocycles. The van der Waals surface area contributed by atoms with Crippen LogP contribution in [-0.2, 0) is 4.75 Å². The Hall–Kier alpha value is 0.150. The minimum atomic E-state index is -0.221. The second-order valence-electron chi connectivity index (χ2n) is 3.18. The van der Waals surface area contributed by atoms with Crippen LogP contribution in [0.2, 0.25) is 10.0 Å². The topological polar surface area (TPSA) is 0 Å². The van der Waals surface area contributed by atoms with Gasteiger partial charge in [-0.15, -0.1) is 0 Å². The number of thiol groups is 1. The van der Waals surface area contributed by atoms with Gasteiger partial charge in [-0.25, -0.2) is 0 Å². The van der Waals surface area contributed by atoms with Gasteiger partial charge in [-0.3, -0.25) is 0 Å². The number of rotatable bonds is 1. The second-order valence-corrected chi connectivity index (χ2v) is 5.14. The molecule has 0 saturated carbocycles. The van der Waals surface area contributed by atoms with Gasteiger partial charge in [-0.2, -0.15) is 12.6 Å². The zero-order chi connectivity index (χ0) is 9.35. The predicted octanol–water partition coefficient (Wildman–Crippen LogP) is 4.16. The van der Waals surface area contributed by atoms with Crippen molar-refractivity contribution >= 4 is 35.8 Å². The van der Waals surface area contributed by atoms with Gasteiger partial charge in [0.2, 0.25) is 0 Å². The van der Waals surface area contributed by atoms with Crippen LogP contribution in [0.5, 0.6) is 0 Å². The molecule has 12 heavy (non-hydrogen) atoms. The summed E-state index contributed by atoms with van der Waals surface area (Å²) in [4.78, 5) is 0. The predicted molar refractivity (Wildman–Crippen MR) is 58.5 cm³/mol. The fourth-order valence-corrected chi connectivity index (χ4v) is 1.89. The molecule has 0 aliphatic rings. The molecule has 0 aromatic heterocycles. The molecular weight excluding hydrogens is 211 g/mol. The minimum Gasteiger partial charge on any atom is -0.168 e. The first-order valence-electron chi connectivity index (χ1n) is 3.59. The fourth-order valence-electron chi connectivity index (χ4n) is 0.986. The van der Waals surface area contributed by atoms with Crippen molar-refractivity contribution in [2.75, 3.05) is 0 Å². The van der Waals surface area contributed by atoms with Crippen LogP contribution in [0.3, 0.4) is 0 Å². The highest BCUT2D eigenvalue weighted by atomic mass is 35.5. The van der Waals surface area contributed by atoms with Gasteiger partial charge >= 0.3 is 0 Å². The van der Waals surface area contributed by atoms with E-state index in [1.807, 2.05) is 26.0 Å². The van der Waals surface area contributed by atoms with Crippen molar-refractivity contribution in [3.63, 3.8) is 0 Å². The molecule has 0 spiro atoms. The molecule has 0 amide bonds. The number of halogens is 2. The van der Waals surface area contributed by atoms with Gasteiger partial charge in [0.1, 0.15) is 0 Å². The van der Waals surface area contributed by atoms with Gasteiger partial charge in [0, 0.05) is 14.8 Å². The summed E-state index contributed by atoms with van der Waals surface area (Å²) in [6.45, 7) is 3.98. The molecule has 1 aromatic rings. The second kappa shape index (κ2) is 3.49. The van der Waals surface area contributed by atoms with E-state index in [4.69, 9.17) is 23.2 Å². The Balaban J connectivity index is 3.19. The zero-order valence-electron chi connectivity index (χ0n) is 6.94. The van der Waals surface area contributed by atoms with Crippen LogP contribution in [-0.4, -0.2) is 0 Å². The quantitative estimate of drug-likeness (QED) is 0.676. The van der Waals surface area contributed by atoms with Gasteiger partial charge in [0.15, 0.2) is 0 Å². The van der Waals surface area contributed by atoms with Gasteiger partial charge in [-0.1, -0.05) is 29.3 Å². The molecule has 1 aromatic carbocycles. The zero-order valence-corrected chi connectivity index (χ0v) is 9.34. The summed E-state index contributed by atoms with van der Waals surface area (Å²) in [7, 11) is 0. The maximum atomic E-state index is 5.98. The Morgan fingerprint density at radius 1 is 1.25 bits per heavy atom. The van der Waals surface area contributed by atoms with Crippen LogP contribution in [0.15, 0.2) is 18.2 Å². The van der Waals surface area contributed by atoms with Crippen LogP contribution in [0.25, 0.3) is 0 Å². The maximum absolute atomic E-state index is 5.98. The van der Waals surface area contributed by atoms with Crippen molar-refractivity contribution in [1.82, 2.24) is 0 Å². The highest BCUT2D eigenvalue weighted by Crippen LogP contribution is 2.34. The van der Waals surface area contributed by atoms with E-state index in [-0.39, 0.29) is 4.75 Å². The highest BCUT2D eigenvalue weighted by molar-refractivity contribution is 7.81. The number of hydrogen-bond acceptors (Lipinski definition) is 1. The van der Waals surface area contributed by atoms with E-state index in [1.54, 1.807) is 6.07 Å². The third-order valence-electron chi connectivity index (χ3n) is 1.59. The lowest BCUT2D eigenvalue weighted by Crippen LogP contribution is -2.07. The van der Waals surface area contributed by atoms with E-state index in [2.05, 4.69) is 12.6 Å². The van der Waals surface area contributed by atoms with Gasteiger partial charge in [0.05, 0.1) is 0 Å². The monoisotopic (exact) mass is 220 g/mol. The van der Waals surface area contributed by atoms with E-state index < -0.39 is 0 Å². The molecule has 0 saturated heterocycles. The molecule has 0 bridgehead atoms. The Bertz CT molecular complexity index is 289. The molecule has 0 nitrogen and oxygen atoms in total. The minimum absolute atomic E-state index is 0.221. The summed E-state index contributed by atoms with van der Waals surface area (Å²) in [5.74, 6) is 0. The van der Waals surface area contributed by atoms with E-state index in [9.17, 15) is 0 Å².